The highest BCUT2D eigenvalue weighted by Gasteiger charge is 2.07. The van der Waals surface area contributed by atoms with Gasteiger partial charge in [-0.25, -0.2) is 0 Å². The minimum Gasteiger partial charge on any atom is -0.497 e. The Morgan fingerprint density at radius 3 is 2.00 bits per heavy atom. The second-order valence-electron chi connectivity index (χ2n) is 4.66. The fraction of sp³-hybridized carbons (Fsp3) is 0.188. The first kappa shape index (κ1) is 17.2. The average Bonchev–Trinajstić information content (AvgIpc) is 2.51. The third-order valence-corrected chi connectivity index (χ3v) is 3.39. The maximum atomic E-state index is 12.0. The van der Waals surface area contributed by atoms with E-state index in [4.69, 9.17) is 32.7 Å². The third-order valence-electron chi connectivity index (χ3n) is 2.95. The van der Waals surface area contributed by atoms with E-state index in [2.05, 4.69) is 10.6 Å². The molecule has 0 unspecified atom stereocenters. The highest BCUT2D eigenvalue weighted by Crippen LogP contribution is 2.26. The van der Waals surface area contributed by atoms with Gasteiger partial charge in [-0.05, 0) is 18.2 Å². The van der Waals surface area contributed by atoms with Gasteiger partial charge >= 0.3 is 0 Å². The standard InChI is InChI=1S/C16H16Cl2N2O3/c1-22-14-6-13(7-15(8-14)23-2)20-16(21)9-19-12-4-10(17)3-11(18)5-12/h3-8,19H,9H2,1-2H3,(H,20,21). The molecule has 0 aliphatic carbocycles. The molecular formula is C16H16Cl2N2O3. The lowest BCUT2D eigenvalue weighted by molar-refractivity contribution is -0.114. The van der Waals surface area contributed by atoms with Gasteiger partial charge in [0, 0.05) is 39.6 Å². The molecule has 0 radical (unpaired) electrons. The molecule has 2 aromatic carbocycles. The summed E-state index contributed by atoms with van der Waals surface area (Å²) in [5.74, 6) is 0.958. The van der Waals surface area contributed by atoms with E-state index >= 15 is 0 Å². The van der Waals surface area contributed by atoms with Crippen LogP contribution in [0.25, 0.3) is 0 Å². The smallest absolute Gasteiger partial charge is 0.243 e. The van der Waals surface area contributed by atoms with Gasteiger partial charge in [0.15, 0.2) is 0 Å². The Morgan fingerprint density at radius 2 is 1.48 bits per heavy atom. The van der Waals surface area contributed by atoms with Gasteiger partial charge in [-0.15, -0.1) is 0 Å². The first-order valence-corrected chi connectivity index (χ1v) is 7.48. The van der Waals surface area contributed by atoms with Crippen LogP contribution in [0.15, 0.2) is 36.4 Å². The summed E-state index contributed by atoms with van der Waals surface area (Å²) < 4.78 is 10.3. The largest absolute Gasteiger partial charge is 0.497 e. The summed E-state index contributed by atoms with van der Waals surface area (Å²) in [6.45, 7) is 0.0657. The minimum absolute atomic E-state index is 0.0657. The van der Waals surface area contributed by atoms with Gasteiger partial charge in [-0.1, -0.05) is 23.2 Å². The number of amides is 1. The molecule has 0 fully saturated rings. The molecule has 0 aliphatic heterocycles. The Bertz CT molecular complexity index is 665. The lowest BCUT2D eigenvalue weighted by Gasteiger charge is -2.11. The van der Waals surface area contributed by atoms with Gasteiger partial charge in [0.05, 0.1) is 20.8 Å². The molecule has 2 aromatic rings. The van der Waals surface area contributed by atoms with Crippen LogP contribution >= 0.6 is 23.2 Å². The van der Waals surface area contributed by atoms with Crippen molar-refractivity contribution >= 4 is 40.5 Å². The summed E-state index contributed by atoms with van der Waals surface area (Å²) >= 11 is 11.8. The minimum atomic E-state index is -0.226. The van der Waals surface area contributed by atoms with Gasteiger partial charge < -0.3 is 20.1 Å². The molecule has 0 aromatic heterocycles. The molecule has 2 N–H and O–H groups in total. The first-order chi connectivity index (χ1) is 11.0. The zero-order valence-corrected chi connectivity index (χ0v) is 14.2. The van der Waals surface area contributed by atoms with E-state index in [-0.39, 0.29) is 12.5 Å². The van der Waals surface area contributed by atoms with E-state index in [0.717, 1.165) is 0 Å². The molecule has 5 nitrogen and oxygen atoms in total. The molecule has 122 valence electrons. The Labute approximate surface area is 144 Å². The Hall–Kier alpha value is -2.11. The van der Waals surface area contributed by atoms with Crippen molar-refractivity contribution in [2.24, 2.45) is 0 Å². The summed E-state index contributed by atoms with van der Waals surface area (Å²) in [4.78, 5) is 12.0. The molecule has 0 aliphatic rings. The van der Waals surface area contributed by atoms with Crippen molar-refractivity contribution in [3.63, 3.8) is 0 Å². The maximum Gasteiger partial charge on any atom is 0.243 e. The number of carbonyl (C=O) groups is 1. The number of benzene rings is 2. The number of carbonyl (C=O) groups excluding carboxylic acids is 1. The summed E-state index contributed by atoms with van der Waals surface area (Å²) in [5.41, 5.74) is 1.25. The zero-order valence-electron chi connectivity index (χ0n) is 12.7. The molecular weight excluding hydrogens is 339 g/mol. The van der Waals surface area contributed by atoms with Crippen LogP contribution in [0.1, 0.15) is 0 Å². The molecule has 0 saturated carbocycles. The lowest BCUT2D eigenvalue weighted by Crippen LogP contribution is -2.21. The predicted molar refractivity (Wildman–Crippen MR) is 93.1 cm³/mol. The van der Waals surface area contributed by atoms with Crippen molar-refractivity contribution in [3.8, 4) is 11.5 Å². The molecule has 1 amide bonds. The average molecular weight is 355 g/mol. The van der Waals surface area contributed by atoms with Gasteiger partial charge in [0.25, 0.3) is 0 Å². The van der Waals surface area contributed by atoms with Crippen molar-refractivity contribution in [1.82, 2.24) is 0 Å². The van der Waals surface area contributed by atoms with Crippen molar-refractivity contribution in [1.29, 1.82) is 0 Å². The van der Waals surface area contributed by atoms with Crippen LogP contribution in [-0.4, -0.2) is 26.7 Å². The topological polar surface area (TPSA) is 59.6 Å². The Balaban J connectivity index is 1.99. The van der Waals surface area contributed by atoms with Crippen LogP contribution in [0.2, 0.25) is 10.0 Å². The third kappa shape index (κ3) is 5.23. The van der Waals surface area contributed by atoms with Crippen LogP contribution in [-0.2, 0) is 4.79 Å². The normalized spacial score (nSPS) is 10.1. The van der Waals surface area contributed by atoms with Crippen LogP contribution in [0.3, 0.4) is 0 Å². The number of halogens is 2. The van der Waals surface area contributed by atoms with Crippen LogP contribution in [0, 0.1) is 0 Å². The number of nitrogens with one attached hydrogen (secondary N) is 2. The van der Waals surface area contributed by atoms with Crippen molar-refractivity contribution in [2.45, 2.75) is 0 Å². The van der Waals surface area contributed by atoms with Gasteiger partial charge in [-0.3, -0.25) is 4.79 Å². The molecule has 0 heterocycles. The van der Waals surface area contributed by atoms with Crippen molar-refractivity contribution in [2.75, 3.05) is 31.4 Å². The molecule has 0 saturated heterocycles. The molecule has 0 bridgehead atoms. The predicted octanol–water partition coefficient (Wildman–Crippen LogP) is 4.06. The molecule has 7 heteroatoms. The van der Waals surface area contributed by atoms with Crippen molar-refractivity contribution in [3.05, 3.63) is 46.4 Å². The van der Waals surface area contributed by atoms with E-state index in [1.165, 1.54) is 0 Å². The van der Waals surface area contributed by atoms with Gasteiger partial charge in [0.2, 0.25) is 5.91 Å². The van der Waals surface area contributed by atoms with E-state index in [1.807, 2.05) is 0 Å². The summed E-state index contributed by atoms with van der Waals surface area (Å²) in [7, 11) is 3.09. The highest BCUT2D eigenvalue weighted by molar-refractivity contribution is 6.35. The van der Waals surface area contributed by atoms with E-state index in [1.54, 1.807) is 50.6 Å². The number of hydrogen-bond acceptors (Lipinski definition) is 4. The second-order valence-corrected chi connectivity index (χ2v) is 5.53. The molecule has 2 rings (SSSR count). The number of hydrogen-bond donors (Lipinski definition) is 2. The number of anilines is 2. The second kappa shape index (κ2) is 7.94. The number of methoxy groups -OCH3 is 2. The van der Waals surface area contributed by atoms with Crippen molar-refractivity contribution < 1.29 is 14.3 Å². The van der Waals surface area contributed by atoms with Crippen LogP contribution < -0.4 is 20.1 Å². The van der Waals surface area contributed by atoms with E-state index in [0.29, 0.717) is 32.9 Å². The number of ether oxygens (including phenoxy) is 2. The molecule has 0 spiro atoms. The van der Waals surface area contributed by atoms with E-state index in [9.17, 15) is 4.79 Å². The van der Waals surface area contributed by atoms with Crippen LogP contribution in [0.5, 0.6) is 11.5 Å². The highest BCUT2D eigenvalue weighted by atomic mass is 35.5. The maximum absolute atomic E-state index is 12.0. The number of rotatable bonds is 6. The fourth-order valence-corrected chi connectivity index (χ4v) is 2.45. The SMILES string of the molecule is COc1cc(NC(=O)CNc2cc(Cl)cc(Cl)c2)cc(OC)c1. The monoisotopic (exact) mass is 354 g/mol. The molecule has 0 atom stereocenters. The summed E-state index contributed by atoms with van der Waals surface area (Å²) in [6.07, 6.45) is 0. The fourth-order valence-electron chi connectivity index (χ4n) is 1.92. The first-order valence-electron chi connectivity index (χ1n) is 6.73. The van der Waals surface area contributed by atoms with E-state index < -0.39 is 0 Å². The van der Waals surface area contributed by atoms with Gasteiger partial charge in [0.1, 0.15) is 11.5 Å². The Morgan fingerprint density at radius 1 is 0.913 bits per heavy atom. The van der Waals surface area contributed by atoms with Gasteiger partial charge in [-0.2, -0.15) is 0 Å². The van der Waals surface area contributed by atoms with Crippen LogP contribution in [0.4, 0.5) is 11.4 Å². The lowest BCUT2D eigenvalue weighted by atomic mass is 10.2. The summed E-state index contributed by atoms with van der Waals surface area (Å²) in [6, 6.07) is 10.1. The quantitative estimate of drug-likeness (QED) is 0.820. The zero-order chi connectivity index (χ0) is 16.8. The Kier molecular flexibility index (Phi) is 5.96. The molecule has 23 heavy (non-hydrogen) atoms. The summed E-state index contributed by atoms with van der Waals surface area (Å²) in [5, 5.41) is 6.72.